The monoisotopic (exact) mass is 602 g/mol. The lowest BCUT2D eigenvalue weighted by molar-refractivity contribution is 0.658. The molecule has 0 aliphatic carbocycles. The summed E-state index contributed by atoms with van der Waals surface area (Å²) in [4.78, 5) is 2.29. The Morgan fingerprint density at radius 3 is 1.60 bits per heavy atom. The maximum absolute atomic E-state index is 6.88. The summed E-state index contributed by atoms with van der Waals surface area (Å²) in [6, 6.07) is 64.1. The van der Waals surface area contributed by atoms with Crippen LogP contribution in [0.3, 0.4) is 0 Å². The minimum atomic E-state index is 0.860. The van der Waals surface area contributed by atoms with Crippen LogP contribution in [-0.2, 0) is 0 Å². The first kappa shape index (κ1) is 27.0. The molecule has 3 nitrogen and oxygen atoms in total. The summed E-state index contributed by atoms with van der Waals surface area (Å²) in [5.74, 6) is 0. The molecule has 47 heavy (non-hydrogen) atoms. The molecule has 2 heterocycles. The van der Waals surface area contributed by atoms with E-state index in [1.807, 2.05) is 0 Å². The van der Waals surface area contributed by atoms with Gasteiger partial charge in [0.15, 0.2) is 5.58 Å². The van der Waals surface area contributed by atoms with Crippen molar-refractivity contribution < 1.29 is 4.42 Å². The minimum absolute atomic E-state index is 0.860. The van der Waals surface area contributed by atoms with Crippen molar-refractivity contribution >= 4 is 44.8 Å². The van der Waals surface area contributed by atoms with E-state index < -0.39 is 0 Å². The highest BCUT2D eigenvalue weighted by atomic mass is 16.3. The molecule has 0 unspecified atom stereocenters. The summed E-state index contributed by atoms with van der Waals surface area (Å²) in [6.07, 6.45) is 0. The predicted molar refractivity (Wildman–Crippen MR) is 196 cm³/mol. The summed E-state index contributed by atoms with van der Waals surface area (Å²) >= 11 is 0. The van der Waals surface area contributed by atoms with Crippen molar-refractivity contribution in [2.75, 3.05) is 4.90 Å². The number of para-hydroxylation sites is 3. The first-order chi connectivity index (χ1) is 23.3. The first-order valence-electron chi connectivity index (χ1n) is 15.9. The van der Waals surface area contributed by atoms with Gasteiger partial charge >= 0.3 is 0 Å². The van der Waals surface area contributed by atoms with Crippen LogP contribution in [0.2, 0.25) is 0 Å². The molecule has 222 valence electrons. The zero-order chi connectivity index (χ0) is 31.2. The molecule has 9 rings (SSSR count). The quantitative estimate of drug-likeness (QED) is 0.189. The van der Waals surface area contributed by atoms with Gasteiger partial charge in [-0.05, 0) is 76.9 Å². The van der Waals surface area contributed by atoms with E-state index in [4.69, 9.17) is 4.42 Å². The number of benzene rings is 7. The summed E-state index contributed by atoms with van der Waals surface area (Å²) < 4.78 is 9.19. The Morgan fingerprint density at radius 2 is 0.957 bits per heavy atom. The fourth-order valence-electron chi connectivity index (χ4n) is 6.85. The van der Waals surface area contributed by atoms with Gasteiger partial charge in [-0.25, -0.2) is 0 Å². The molecule has 7 aromatic carbocycles. The molecular weight excluding hydrogens is 572 g/mol. The van der Waals surface area contributed by atoms with Crippen LogP contribution in [-0.4, -0.2) is 4.40 Å². The first-order valence-corrected chi connectivity index (χ1v) is 15.9. The van der Waals surface area contributed by atoms with Crippen molar-refractivity contribution in [2.45, 2.75) is 0 Å². The lowest BCUT2D eigenvalue weighted by Gasteiger charge is -2.25. The maximum Gasteiger partial charge on any atom is 0.213 e. The molecule has 0 N–H and O–H groups in total. The highest BCUT2D eigenvalue weighted by molar-refractivity contribution is 6.09. The van der Waals surface area contributed by atoms with Crippen LogP contribution in [0.15, 0.2) is 186 Å². The van der Waals surface area contributed by atoms with Crippen molar-refractivity contribution in [3.8, 4) is 33.4 Å². The number of hydrogen-bond acceptors (Lipinski definition) is 2. The highest BCUT2D eigenvalue weighted by Gasteiger charge is 2.23. The predicted octanol–water partition coefficient (Wildman–Crippen LogP) is 12.3. The van der Waals surface area contributed by atoms with Gasteiger partial charge in [0, 0.05) is 28.0 Å². The van der Waals surface area contributed by atoms with Gasteiger partial charge in [-0.15, -0.1) is 0 Å². The lowest BCUT2D eigenvalue weighted by Crippen LogP contribution is -2.09. The standard InChI is InChI=1S/C44H30N2O/c1-5-15-32(16-6-1)39-29-34(31-25-27-37(28-26-31)45(35-19-9-3-10-20-35)36-21-11-4-12-22-36)30-41-43(39)46-40-24-14-13-23-38(40)42(44(46)47-41)33-17-7-2-8-18-33/h1-30H. The van der Waals surface area contributed by atoms with Gasteiger partial charge in [-0.3, -0.25) is 4.40 Å². The smallest absolute Gasteiger partial charge is 0.213 e. The number of hydrogen-bond donors (Lipinski definition) is 0. The number of aromatic nitrogens is 1. The fraction of sp³-hybridized carbons (Fsp3) is 0. The third-order valence-corrected chi connectivity index (χ3v) is 8.97. The van der Waals surface area contributed by atoms with Gasteiger partial charge < -0.3 is 9.32 Å². The zero-order valence-corrected chi connectivity index (χ0v) is 25.6. The molecule has 0 fully saturated rings. The van der Waals surface area contributed by atoms with Crippen LogP contribution in [0.25, 0.3) is 61.1 Å². The molecule has 0 aliphatic heterocycles. The van der Waals surface area contributed by atoms with Crippen molar-refractivity contribution in [1.29, 1.82) is 0 Å². The molecule has 0 atom stereocenters. The number of oxazole rings is 1. The maximum atomic E-state index is 6.88. The van der Waals surface area contributed by atoms with Crippen LogP contribution in [0, 0.1) is 0 Å². The van der Waals surface area contributed by atoms with Crippen molar-refractivity contribution in [3.63, 3.8) is 0 Å². The second kappa shape index (κ2) is 11.2. The van der Waals surface area contributed by atoms with E-state index in [1.165, 1.54) is 5.39 Å². The average Bonchev–Trinajstić information content (AvgIpc) is 3.68. The summed E-state index contributed by atoms with van der Waals surface area (Å²) in [7, 11) is 0. The Bertz CT molecular complexity index is 2440. The molecule has 0 saturated heterocycles. The van der Waals surface area contributed by atoms with E-state index in [9.17, 15) is 0 Å². The van der Waals surface area contributed by atoms with E-state index in [-0.39, 0.29) is 0 Å². The Morgan fingerprint density at radius 1 is 0.426 bits per heavy atom. The largest absolute Gasteiger partial charge is 0.437 e. The van der Waals surface area contributed by atoms with Gasteiger partial charge in [-0.2, -0.15) is 0 Å². The minimum Gasteiger partial charge on any atom is -0.437 e. The molecule has 0 bridgehead atoms. The topological polar surface area (TPSA) is 20.8 Å². The lowest BCUT2D eigenvalue weighted by atomic mass is 9.97. The molecule has 0 spiro atoms. The highest BCUT2D eigenvalue weighted by Crippen LogP contribution is 2.44. The van der Waals surface area contributed by atoms with E-state index in [2.05, 4.69) is 191 Å². The van der Waals surface area contributed by atoms with E-state index >= 15 is 0 Å². The number of anilines is 3. The third-order valence-electron chi connectivity index (χ3n) is 8.97. The van der Waals surface area contributed by atoms with Crippen LogP contribution in [0.1, 0.15) is 0 Å². The fourth-order valence-corrected chi connectivity index (χ4v) is 6.85. The van der Waals surface area contributed by atoms with Gasteiger partial charge in [0.25, 0.3) is 0 Å². The molecular formula is C44H30N2O. The van der Waals surface area contributed by atoms with E-state index in [0.717, 1.165) is 72.8 Å². The van der Waals surface area contributed by atoms with Crippen LogP contribution >= 0.6 is 0 Å². The Labute approximate surface area is 273 Å². The van der Waals surface area contributed by atoms with Crippen molar-refractivity contribution in [2.24, 2.45) is 0 Å². The molecule has 0 amide bonds. The summed E-state index contributed by atoms with van der Waals surface area (Å²) in [5.41, 5.74) is 14.0. The van der Waals surface area contributed by atoms with E-state index in [0.29, 0.717) is 0 Å². The molecule has 2 aromatic heterocycles. The van der Waals surface area contributed by atoms with E-state index in [1.54, 1.807) is 0 Å². The average molecular weight is 603 g/mol. The number of fused-ring (bicyclic) bond motifs is 5. The van der Waals surface area contributed by atoms with Gasteiger partial charge in [0.1, 0.15) is 0 Å². The van der Waals surface area contributed by atoms with Crippen molar-refractivity contribution in [1.82, 2.24) is 4.40 Å². The molecule has 0 radical (unpaired) electrons. The van der Waals surface area contributed by atoms with Gasteiger partial charge in [0.2, 0.25) is 5.71 Å². The van der Waals surface area contributed by atoms with Crippen molar-refractivity contribution in [3.05, 3.63) is 182 Å². The second-order valence-corrected chi connectivity index (χ2v) is 11.8. The van der Waals surface area contributed by atoms with Crippen LogP contribution < -0.4 is 4.90 Å². The van der Waals surface area contributed by atoms with Crippen LogP contribution in [0.4, 0.5) is 17.1 Å². The van der Waals surface area contributed by atoms with Crippen LogP contribution in [0.5, 0.6) is 0 Å². The Balaban J connectivity index is 1.25. The molecule has 0 aliphatic rings. The third kappa shape index (κ3) is 4.60. The second-order valence-electron chi connectivity index (χ2n) is 11.8. The van der Waals surface area contributed by atoms with Gasteiger partial charge in [0.05, 0.1) is 16.6 Å². The SMILES string of the molecule is c1ccc(-c2c3ccccc3n3c2oc2cc(-c4ccc(N(c5ccccc5)c5ccccc5)cc4)cc(-c4ccccc4)c23)cc1. The molecule has 0 saturated carbocycles. The normalized spacial score (nSPS) is 11.4. The Hall–Kier alpha value is -6.32. The number of rotatable bonds is 6. The van der Waals surface area contributed by atoms with Gasteiger partial charge in [-0.1, -0.05) is 127 Å². The summed E-state index contributed by atoms with van der Waals surface area (Å²) in [6.45, 7) is 0. The zero-order valence-electron chi connectivity index (χ0n) is 25.6. The Kier molecular flexibility index (Phi) is 6.46. The number of nitrogens with zero attached hydrogens (tertiary/aromatic N) is 2. The molecule has 3 heteroatoms. The molecule has 9 aromatic rings. The summed E-state index contributed by atoms with van der Waals surface area (Å²) in [5, 5.41) is 1.18.